The number of hydrogen-bond acceptors (Lipinski definition) is 1. The first-order valence-corrected chi connectivity index (χ1v) is 5.02. The molecule has 13 heavy (non-hydrogen) atoms. The van der Waals surface area contributed by atoms with Crippen LogP contribution in [-0.4, -0.2) is 11.2 Å². The van der Waals surface area contributed by atoms with E-state index in [1.165, 1.54) is 18.4 Å². The largest absolute Gasteiger partial charge is 0.392 e. The molecule has 1 N–H and O–H groups in total. The van der Waals surface area contributed by atoms with Crippen LogP contribution in [0.5, 0.6) is 0 Å². The molecule has 0 aliphatic heterocycles. The van der Waals surface area contributed by atoms with Crippen molar-refractivity contribution in [3.63, 3.8) is 0 Å². The summed E-state index contributed by atoms with van der Waals surface area (Å²) in [6, 6.07) is 11.0. The first-order valence-electron chi connectivity index (χ1n) is 5.02. The van der Waals surface area contributed by atoms with Crippen LogP contribution in [0.4, 0.5) is 0 Å². The summed E-state index contributed by atoms with van der Waals surface area (Å²) in [4.78, 5) is 0. The molecular formula is C12H15O. The van der Waals surface area contributed by atoms with Crippen LogP contribution in [0, 0.1) is 6.07 Å². The highest BCUT2D eigenvalue weighted by atomic mass is 16.3. The first kappa shape index (κ1) is 8.76. The third-order valence-electron chi connectivity index (χ3n) is 2.90. The van der Waals surface area contributed by atoms with Crippen molar-refractivity contribution in [2.24, 2.45) is 0 Å². The van der Waals surface area contributed by atoms with Crippen LogP contribution in [0.2, 0.25) is 0 Å². The Hall–Kier alpha value is -0.820. The normalized spacial score (nSPS) is 28.7. The molecule has 0 amide bonds. The molecule has 2 unspecified atom stereocenters. The molecule has 1 aromatic rings. The van der Waals surface area contributed by atoms with E-state index < -0.39 is 0 Å². The number of rotatable bonds is 1. The lowest BCUT2D eigenvalue weighted by Gasteiger charge is -2.27. The molecule has 1 aromatic carbocycles. The number of hydrogen-bond donors (Lipinski definition) is 1. The van der Waals surface area contributed by atoms with Crippen molar-refractivity contribution < 1.29 is 5.11 Å². The van der Waals surface area contributed by atoms with E-state index in [9.17, 15) is 5.11 Å². The smallest absolute Gasteiger partial charge is 0.0608 e. The molecule has 0 heterocycles. The Labute approximate surface area is 79.4 Å². The van der Waals surface area contributed by atoms with Crippen molar-refractivity contribution in [2.45, 2.75) is 37.7 Å². The van der Waals surface area contributed by atoms with Gasteiger partial charge >= 0.3 is 0 Å². The fraction of sp³-hybridized carbons (Fsp3) is 0.500. The van der Waals surface area contributed by atoms with Crippen molar-refractivity contribution in [2.75, 3.05) is 0 Å². The Morgan fingerprint density at radius 3 is 2.54 bits per heavy atom. The second-order valence-electron chi connectivity index (χ2n) is 3.79. The van der Waals surface area contributed by atoms with Crippen molar-refractivity contribution in [3.05, 3.63) is 35.9 Å². The molecule has 1 radical (unpaired) electrons. The van der Waals surface area contributed by atoms with Gasteiger partial charge in [0.2, 0.25) is 0 Å². The Morgan fingerprint density at radius 2 is 1.85 bits per heavy atom. The van der Waals surface area contributed by atoms with Gasteiger partial charge in [-0.15, -0.1) is 0 Å². The van der Waals surface area contributed by atoms with E-state index in [1.807, 2.05) is 12.1 Å². The molecule has 1 saturated carbocycles. The minimum atomic E-state index is -0.129. The van der Waals surface area contributed by atoms with Crippen LogP contribution in [0.1, 0.15) is 37.2 Å². The molecular weight excluding hydrogens is 160 g/mol. The van der Waals surface area contributed by atoms with Gasteiger partial charge in [-0.2, -0.15) is 0 Å². The highest BCUT2D eigenvalue weighted by Crippen LogP contribution is 2.32. The highest BCUT2D eigenvalue weighted by Gasteiger charge is 2.23. The summed E-state index contributed by atoms with van der Waals surface area (Å²) in [5.74, 6) is 0.364. The molecule has 0 bridgehead atoms. The molecule has 1 aliphatic carbocycles. The molecule has 69 valence electrons. The standard InChI is InChI=1S/C12H15O/c13-12-9-5-4-8-11(12)10-6-2-1-3-7-10/h2-3,6-7,11-13H,4-5,8-9H2. The molecule has 2 atom stereocenters. The van der Waals surface area contributed by atoms with Crippen LogP contribution >= 0.6 is 0 Å². The molecule has 0 aromatic heterocycles. The van der Waals surface area contributed by atoms with Crippen LogP contribution in [0.15, 0.2) is 24.3 Å². The van der Waals surface area contributed by atoms with Gasteiger partial charge in [0.1, 0.15) is 0 Å². The summed E-state index contributed by atoms with van der Waals surface area (Å²) >= 11 is 0. The van der Waals surface area contributed by atoms with Crippen LogP contribution in [-0.2, 0) is 0 Å². The van der Waals surface area contributed by atoms with Gasteiger partial charge in [-0.25, -0.2) is 0 Å². The van der Waals surface area contributed by atoms with Crippen LogP contribution < -0.4 is 0 Å². The number of aliphatic hydroxyl groups excluding tert-OH is 1. The van der Waals surface area contributed by atoms with Gasteiger partial charge in [0.05, 0.1) is 6.10 Å². The lowest BCUT2D eigenvalue weighted by molar-refractivity contribution is 0.106. The van der Waals surface area contributed by atoms with Crippen molar-refractivity contribution >= 4 is 0 Å². The second-order valence-corrected chi connectivity index (χ2v) is 3.79. The lowest BCUT2D eigenvalue weighted by Crippen LogP contribution is -2.22. The quantitative estimate of drug-likeness (QED) is 0.695. The van der Waals surface area contributed by atoms with E-state index in [0.29, 0.717) is 5.92 Å². The van der Waals surface area contributed by atoms with Crippen LogP contribution in [0.25, 0.3) is 0 Å². The second kappa shape index (κ2) is 3.93. The zero-order chi connectivity index (χ0) is 9.10. The van der Waals surface area contributed by atoms with Crippen LogP contribution in [0.3, 0.4) is 0 Å². The Balaban J connectivity index is 2.15. The summed E-state index contributed by atoms with van der Waals surface area (Å²) < 4.78 is 0. The predicted octanol–water partition coefficient (Wildman–Crippen LogP) is 2.51. The molecule has 1 nitrogen and oxygen atoms in total. The average Bonchev–Trinajstić information content (AvgIpc) is 2.20. The summed E-state index contributed by atoms with van der Waals surface area (Å²) in [5, 5.41) is 9.81. The lowest BCUT2D eigenvalue weighted by atomic mass is 9.82. The molecule has 1 fully saturated rings. The van der Waals surface area contributed by atoms with Gasteiger partial charge in [-0.05, 0) is 24.5 Å². The number of benzene rings is 1. The van der Waals surface area contributed by atoms with Crippen molar-refractivity contribution in [1.29, 1.82) is 0 Å². The number of aliphatic hydroxyl groups is 1. The summed E-state index contributed by atoms with van der Waals surface area (Å²) in [7, 11) is 0. The molecule has 2 rings (SSSR count). The third-order valence-corrected chi connectivity index (χ3v) is 2.90. The molecule has 1 heteroatoms. The van der Waals surface area contributed by atoms with E-state index in [4.69, 9.17) is 0 Å². The molecule has 1 aliphatic rings. The van der Waals surface area contributed by atoms with Gasteiger partial charge in [0.25, 0.3) is 0 Å². The van der Waals surface area contributed by atoms with E-state index in [2.05, 4.69) is 18.2 Å². The SMILES string of the molecule is OC1CCCCC1c1cc[c]cc1. The van der Waals surface area contributed by atoms with E-state index in [-0.39, 0.29) is 6.10 Å². The van der Waals surface area contributed by atoms with E-state index in [1.54, 1.807) is 0 Å². The maximum absolute atomic E-state index is 9.81. The maximum atomic E-state index is 9.81. The maximum Gasteiger partial charge on any atom is 0.0608 e. The van der Waals surface area contributed by atoms with Gasteiger partial charge in [-0.3, -0.25) is 0 Å². The Morgan fingerprint density at radius 1 is 1.15 bits per heavy atom. The highest BCUT2D eigenvalue weighted by molar-refractivity contribution is 5.20. The summed E-state index contributed by atoms with van der Waals surface area (Å²) in [6.45, 7) is 0. The fourth-order valence-corrected chi connectivity index (χ4v) is 2.15. The monoisotopic (exact) mass is 175 g/mol. The predicted molar refractivity (Wildman–Crippen MR) is 52.5 cm³/mol. The third kappa shape index (κ3) is 1.92. The topological polar surface area (TPSA) is 20.2 Å². The van der Waals surface area contributed by atoms with Gasteiger partial charge in [-0.1, -0.05) is 37.1 Å². The molecule has 0 spiro atoms. The average molecular weight is 175 g/mol. The minimum Gasteiger partial charge on any atom is -0.392 e. The Kier molecular flexibility index (Phi) is 2.65. The van der Waals surface area contributed by atoms with Crippen molar-refractivity contribution in [1.82, 2.24) is 0 Å². The van der Waals surface area contributed by atoms with E-state index in [0.717, 1.165) is 12.8 Å². The van der Waals surface area contributed by atoms with Gasteiger partial charge in [0, 0.05) is 5.92 Å². The summed E-state index contributed by atoms with van der Waals surface area (Å²) in [6.07, 6.45) is 4.39. The minimum absolute atomic E-state index is 0.129. The van der Waals surface area contributed by atoms with Gasteiger partial charge in [0.15, 0.2) is 0 Å². The zero-order valence-corrected chi connectivity index (χ0v) is 7.74. The van der Waals surface area contributed by atoms with E-state index >= 15 is 0 Å². The zero-order valence-electron chi connectivity index (χ0n) is 7.74. The summed E-state index contributed by atoms with van der Waals surface area (Å²) in [5.41, 5.74) is 1.27. The molecule has 0 saturated heterocycles. The Bertz CT molecular complexity index is 255. The fourth-order valence-electron chi connectivity index (χ4n) is 2.15. The van der Waals surface area contributed by atoms with Crippen molar-refractivity contribution in [3.8, 4) is 0 Å². The first-order chi connectivity index (χ1) is 6.38. The van der Waals surface area contributed by atoms with Gasteiger partial charge < -0.3 is 5.11 Å².